The summed E-state index contributed by atoms with van der Waals surface area (Å²) >= 11 is 0. The minimum absolute atomic E-state index is 0.0790. The molecule has 4 rings (SSSR count). The van der Waals surface area contributed by atoms with E-state index in [1.54, 1.807) is 24.1 Å². The summed E-state index contributed by atoms with van der Waals surface area (Å²) < 4.78 is 12.2. The highest BCUT2D eigenvalue weighted by Gasteiger charge is 2.11. The molecule has 0 aliphatic heterocycles. The molecule has 4 aromatic rings. The molecule has 2 aromatic heterocycles. The molecule has 0 radical (unpaired) electrons. The van der Waals surface area contributed by atoms with Crippen LogP contribution in [0.25, 0.3) is 11.4 Å². The summed E-state index contributed by atoms with van der Waals surface area (Å²) in [5, 5.41) is 11.2. The van der Waals surface area contributed by atoms with Crippen LogP contribution in [-0.2, 0) is 17.8 Å². The van der Waals surface area contributed by atoms with E-state index in [1.165, 1.54) is 0 Å². The molecule has 0 saturated carbocycles. The Balaban J connectivity index is 1.27. The van der Waals surface area contributed by atoms with E-state index in [9.17, 15) is 4.79 Å². The van der Waals surface area contributed by atoms with Gasteiger partial charge in [0, 0.05) is 24.5 Å². The molecule has 158 valence electrons. The number of amides is 1. The van der Waals surface area contributed by atoms with Gasteiger partial charge < -0.3 is 14.6 Å². The minimum atomic E-state index is -0.0790. The summed E-state index contributed by atoms with van der Waals surface area (Å²) in [6.07, 6.45) is 3.15. The van der Waals surface area contributed by atoms with Crippen LogP contribution in [0.1, 0.15) is 24.3 Å². The number of aromatic nitrogens is 4. The highest BCUT2D eigenvalue weighted by molar-refractivity contribution is 5.89. The summed E-state index contributed by atoms with van der Waals surface area (Å²) in [4.78, 5) is 16.8. The van der Waals surface area contributed by atoms with Crippen LogP contribution in [0, 0.1) is 0 Å². The minimum Gasteiger partial charge on any atom is -0.497 e. The molecule has 1 amide bonds. The third-order valence-electron chi connectivity index (χ3n) is 4.77. The Labute approximate surface area is 179 Å². The van der Waals surface area contributed by atoms with Crippen LogP contribution in [0.4, 0.5) is 5.82 Å². The van der Waals surface area contributed by atoms with Crippen molar-refractivity contribution in [3.63, 3.8) is 0 Å². The smallest absolute Gasteiger partial charge is 0.226 e. The number of benzene rings is 2. The molecule has 8 heteroatoms. The van der Waals surface area contributed by atoms with Gasteiger partial charge in [-0.3, -0.25) is 4.79 Å². The number of rotatable bonds is 9. The second-order valence-corrected chi connectivity index (χ2v) is 7.00. The maximum Gasteiger partial charge on any atom is 0.226 e. The van der Waals surface area contributed by atoms with Gasteiger partial charge in [0.1, 0.15) is 11.6 Å². The Hall–Kier alpha value is -3.94. The predicted molar refractivity (Wildman–Crippen MR) is 116 cm³/mol. The molecule has 31 heavy (non-hydrogen) atoms. The number of aryl methyl sites for hydroxylation is 1. The standard InChI is InChI=1S/C23H23N5O3/c1-30-19-12-10-18(11-13-19)23-26-22(31-27-23)9-5-8-21(29)25-20-14-15-24-28(20)16-17-6-3-2-4-7-17/h2-4,6-7,10-15H,5,8-9,16H2,1H3,(H,25,29). The lowest BCUT2D eigenvalue weighted by Gasteiger charge is -2.09. The molecule has 0 spiro atoms. The van der Waals surface area contributed by atoms with Gasteiger partial charge in [0.25, 0.3) is 0 Å². The molecular formula is C23H23N5O3. The van der Waals surface area contributed by atoms with Gasteiger partial charge in [-0.25, -0.2) is 4.68 Å². The largest absolute Gasteiger partial charge is 0.497 e. The van der Waals surface area contributed by atoms with Crippen LogP contribution >= 0.6 is 0 Å². The van der Waals surface area contributed by atoms with Crippen molar-refractivity contribution < 1.29 is 14.1 Å². The molecular weight excluding hydrogens is 394 g/mol. The van der Waals surface area contributed by atoms with Gasteiger partial charge in [0.15, 0.2) is 0 Å². The number of hydrogen-bond donors (Lipinski definition) is 1. The number of methoxy groups -OCH3 is 1. The van der Waals surface area contributed by atoms with E-state index in [0.29, 0.717) is 43.3 Å². The van der Waals surface area contributed by atoms with Crippen LogP contribution in [-0.4, -0.2) is 32.9 Å². The van der Waals surface area contributed by atoms with E-state index in [4.69, 9.17) is 9.26 Å². The number of carbonyl (C=O) groups is 1. The zero-order valence-corrected chi connectivity index (χ0v) is 17.2. The molecule has 1 N–H and O–H groups in total. The molecule has 0 unspecified atom stereocenters. The van der Waals surface area contributed by atoms with Crippen LogP contribution < -0.4 is 10.1 Å². The normalized spacial score (nSPS) is 10.7. The number of hydrogen-bond acceptors (Lipinski definition) is 6. The van der Waals surface area contributed by atoms with Gasteiger partial charge in [-0.15, -0.1) is 0 Å². The van der Waals surface area contributed by atoms with Crippen molar-refractivity contribution in [3.8, 4) is 17.1 Å². The zero-order valence-electron chi connectivity index (χ0n) is 17.2. The van der Waals surface area contributed by atoms with Crippen molar-refractivity contribution in [3.05, 3.63) is 78.3 Å². The Morgan fingerprint density at radius 3 is 2.68 bits per heavy atom. The van der Waals surface area contributed by atoms with Crippen LogP contribution in [0.3, 0.4) is 0 Å². The molecule has 8 nitrogen and oxygen atoms in total. The van der Waals surface area contributed by atoms with Crippen molar-refractivity contribution >= 4 is 11.7 Å². The van der Waals surface area contributed by atoms with E-state index in [2.05, 4.69) is 20.6 Å². The maximum atomic E-state index is 12.4. The Morgan fingerprint density at radius 2 is 1.90 bits per heavy atom. The quantitative estimate of drug-likeness (QED) is 0.443. The van der Waals surface area contributed by atoms with Gasteiger partial charge in [0.2, 0.25) is 17.6 Å². The molecule has 0 aliphatic rings. The van der Waals surface area contributed by atoms with E-state index in [-0.39, 0.29) is 5.91 Å². The molecule has 0 fully saturated rings. The van der Waals surface area contributed by atoms with Gasteiger partial charge in [-0.05, 0) is 36.2 Å². The van der Waals surface area contributed by atoms with E-state index in [0.717, 1.165) is 16.9 Å². The summed E-state index contributed by atoms with van der Waals surface area (Å²) in [5.74, 6) is 2.39. The third kappa shape index (κ3) is 5.36. The Morgan fingerprint density at radius 1 is 1.10 bits per heavy atom. The number of nitrogens with one attached hydrogen (secondary N) is 1. The number of nitrogens with zero attached hydrogens (tertiary/aromatic N) is 4. The molecule has 2 aromatic carbocycles. The van der Waals surface area contributed by atoms with Crippen molar-refractivity contribution in [2.24, 2.45) is 0 Å². The highest BCUT2D eigenvalue weighted by atomic mass is 16.5. The summed E-state index contributed by atoms with van der Waals surface area (Å²) in [6.45, 7) is 0.597. The van der Waals surface area contributed by atoms with Crippen molar-refractivity contribution in [2.45, 2.75) is 25.8 Å². The fourth-order valence-corrected chi connectivity index (χ4v) is 3.14. The van der Waals surface area contributed by atoms with E-state index >= 15 is 0 Å². The Kier molecular flexibility index (Phi) is 6.37. The number of ether oxygens (including phenoxy) is 1. The fourth-order valence-electron chi connectivity index (χ4n) is 3.14. The van der Waals surface area contributed by atoms with Gasteiger partial charge >= 0.3 is 0 Å². The fraction of sp³-hybridized carbons (Fsp3) is 0.217. The average molecular weight is 417 g/mol. The topological polar surface area (TPSA) is 95.1 Å². The second kappa shape index (κ2) is 9.71. The Bertz CT molecular complexity index is 1120. The van der Waals surface area contributed by atoms with Gasteiger partial charge in [0.05, 0.1) is 19.9 Å². The SMILES string of the molecule is COc1ccc(-c2noc(CCCC(=O)Nc3ccnn3Cc3ccccc3)n2)cc1. The summed E-state index contributed by atoms with van der Waals surface area (Å²) in [6, 6.07) is 19.2. The first-order valence-corrected chi connectivity index (χ1v) is 10.0. The summed E-state index contributed by atoms with van der Waals surface area (Å²) in [5.41, 5.74) is 1.96. The second-order valence-electron chi connectivity index (χ2n) is 7.00. The summed E-state index contributed by atoms with van der Waals surface area (Å²) in [7, 11) is 1.62. The average Bonchev–Trinajstić information content (AvgIpc) is 3.44. The lowest BCUT2D eigenvalue weighted by atomic mass is 10.2. The first-order valence-electron chi connectivity index (χ1n) is 10.0. The first kappa shape index (κ1) is 20.3. The van der Waals surface area contributed by atoms with Gasteiger partial charge in [-0.1, -0.05) is 35.5 Å². The monoisotopic (exact) mass is 417 g/mol. The molecule has 2 heterocycles. The van der Waals surface area contributed by atoms with Crippen LogP contribution in [0.2, 0.25) is 0 Å². The lowest BCUT2D eigenvalue weighted by molar-refractivity contribution is -0.116. The molecule has 0 bridgehead atoms. The third-order valence-corrected chi connectivity index (χ3v) is 4.77. The first-order chi connectivity index (χ1) is 15.2. The predicted octanol–water partition coefficient (Wildman–Crippen LogP) is 3.95. The van der Waals surface area contributed by atoms with Gasteiger partial charge in [-0.2, -0.15) is 10.1 Å². The molecule has 0 aliphatic carbocycles. The van der Waals surface area contributed by atoms with Crippen LogP contribution in [0.15, 0.2) is 71.4 Å². The van der Waals surface area contributed by atoms with Crippen molar-refractivity contribution in [1.29, 1.82) is 0 Å². The van der Waals surface area contributed by atoms with Crippen molar-refractivity contribution in [1.82, 2.24) is 19.9 Å². The highest BCUT2D eigenvalue weighted by Crippen LogP contribution is 2.20. The van der Waals surface area contributed by atoms with Crippen molar-refractivity contribution in [2.75, 3.05) is 12.4 Å². The van der Waals surface area contributed by atoms with Crippen LogP contribution in [0.5, 0.6) is 5.75 Å². The molecule has 0 atom stereocenters. The van der Waals surface area contributed by atoms with E-state index in [1.807, 2.05) is 54.6 Å². The molecule has 0 saturated heterocycles. The number of anilines is 1. The number of carbonyl (C=O) groups excluding carboxylic acids is 1. The maximum absolute atomic E-state index is 12.4. The zero-order chi connectivity index (χ0) is 21.5. The lowest BCUT2D eigenvalue weighted by Crippen LogP contribution is -2.16. The van der Waals surface area contributed by atoms with E-state index < -0.39 is 0 Å².